The molecule has 4 heteroatoms. The van der Waals surface area contributed by atoms with Gasteiger partial charge in [-0.2, -0.15) is 10.5 Å². The normalized spacial score (nSPS) is 42.7. The van der Waals surface area contributed by atoms with Crippen molar-refractivity contribution in [3.8, 4) is 12.1 Å². The zero-order valence-corrected chi connectivity index (χ0v) is 11.1. The lowest BCUT2D eigenvalue weighted by atomic mass is 9.69. The largest absolute Gasteiger partial charge is 0.385 e. The maximum absolute atomic E-state index is 11.1. The van der Waals surface area contributed by atoms with Gasteiger partial charge in [-0.1, -0.05) is 30.3 Å². The molecule has 0 aromatic heterocycles. The van der Waals surface area contributed by atoms with Gasteiger partial charge in [-0.15, -0.1) is 0 Å². The first-order valence-electron chi connectivity index (χ1n) is 6.85. The van der Waals surface area contributed by atoms with Crippen LogP contribution in [0.5, 0.6) is 0 Å². The molecule has 0 unspecified atom stereocenters. The molecular formula is C16H16N2O2. The summed E-state index contributed by atoms with van der Waals surface area (Å²) in [7, 11) is 0. The van der Waals surface area contributed by atoms with Crippen LogP contribution in [-0.2, 0) is 5.60 Å². The van der Waals surface area contributed by atoms with Crippen LogP contribution < -0.4 is 0 Å². The number of rotatable bonds is 1. The highest BCUT2D eigenvalue weighted by atomic mass is 16.4. The zero-order valence-electron chi connectivity index (χ0n) is 11.1. The predicted octanol–water partition coefficient (Wildman–Crippen LogP) is 1.84. The molecule has 0 amide bonds. The van der Waals surface area contributed by atoms with Crippen LogP contribution in [0.2, 0.25) is 0 Å². The van der Waals surface area contributed by atoms with Crippen molar-refractivity contribution in [2.24, 2.45) is 11.3 Å². The minimum absolute atomic E-state index is 0.109. The van der Waals surface area contributed by atoms with Crippen molar-refractivity contribution >= 4 is 0 Å². The van der Waals surface area contributed by atoms with E-state index in [2.05, 4.69) is 12.1 Å². The third-order valence-corrected chi connectivity index (χ3v) is 5.23. The third kappa shape index (κ3) is 1.26. The lowest BCUT2D eigenvalue weighted by molar-refractivity contribution is -0.160. The molecule has 20 heavy (non-hydrogen) atoms. The molecule has 1 aromatic rings. The first kappa shape index (κ1) is 13.1. The molecule has 2 N–H and O–H groups in total. The summed E-state index contributed by atoms with van der Waals surface area (Å²) in [5.41, 5.74) is -3.65. The van der Waals surface area contributed by atoms with E-state index in [1.54, 1.807) is 24.3 Å². The molecule has 0 bridgehead atoms. The van der Waals surface area contributed by atoms with E-state index < -0.39 is 22.5 Å². The Balaban J connectivity index is 2.21. The second-order valence-corrected chi connectivity index (χ2v) is 5.91. The van der Waals surface area contributed by atoms with Gasteiger partial charge >= 0.3 is 0 Å². The molecule has 0 aliphatic heterocycles. The summed E-state index contributed by atoms with van der Waals surface area (Å²) < 4.78 is 0. The zero-order chi connectivity index (χ0) is 14.4. The number of nitriles is 2. The number of hydrogen-bond acceptors (Lipinski definition) is 4. The summed E-state index contributed by atoms with van der Waals surface area (Å²) in [6.45, 7) is 0. The maximum Gasteiger partial charge on any atom is 0.121 e. The summed E-state index contributed by atoms with van der Waals surface area (Å²) in [6, 6.07) is 13.2. The molecular weight excluding hydrogens is 252 g/mol. The van der Waals surface area contributed by atoms with Crippen molar-refractivity contribution in [3.63, 3.8) is 0 Å². The van der Waals surface area contributed by atoms with Gasteiger partial charge in [-0.25, -0.2) is 0 Å². The first-order valence-corrected chi connectivity index (χ1v) is 6.85. The Morgan fingerprint density at radius 2 is 1.80 bits per heavy atom. The summed E-state index contributed by atoms with van der Waals surface area (Å²) in [6.07, 6.45) is 1.58. The fourth-order valence-corrected chi connectivity index (χ4v) is 4.18. The van der Waals surface area contributed by atoms with E-state index >= 15 is 0 Å². The van der Waals surface area contributed by atoms with Gasteiger partial charge in [0.25, 0.3) is 0 Å². The molecule has 1 aromatic carbocycles. The van der Waals surface area contributed by atoms with Crippen molar-refractivity contribution in [1.82, 2.24) is 0 Å². The van der Waals surface area contributed by atoms with Crippen LogP contribution in [0.15, 0.2) is 30.3 Å². The van der Waals surface area contributed by atoms with Crippen LogP contribution in [0.3, 0.4) is 0 Å². The highest BCUT2D eigenvalue weighted by Crippen LogP contribution is 2.66. The summed E-state index contributed by atoms with van der Waals surface area (Å²) in [5, 5.41) is 41.2. The SMILES string of the molecule is N#C[C@H]1C[C@@](O)(c2ccccc2)[C@@]2(O)CCC[C@@]12C#N. The van der Waals surface area contributed by atoms with Crippen molar-refractivity contribution in [2.45, 2.75) is 36.9 Å². The summed E-state index contributed by atoms with van der Waals surface area (Å²) in [5.74, 6) is -0.648. The Morgan fingerprint density at radius 1 is 1.10 bits per heavy atom. The number of aliphatic hydroxyl groups is 2. The first-order chi connectivity index (χ1) is 9.54. The minimum atomic E-state index is -1.55. The third-order valence-electron chi connectivity index (χ3n) is 5.23. The second kappa shape index (κ2) is 4.06. The van der Waals surface area contributed by atoms with E-state index in [0.717, 1.165) is 0 Å². The van der Waals surface area contributed by atoms with Crippen LogP contribution >= 0.6 is 0 Å². The van der Waals surface area contributed by atoms with E-state index in [1.807, 2.05) is 6.07 Å². The lowest BCUT2D eigenvalue weighted by Crippen LogP contribution is -2.53. The lowest BCUT2D eigenvalue weighted by Gasteiger charge is -2.41. The molecule has 0 radical (unpaired) electrons. The van der Waals surface area contributed by atoms with E-state index in [4.69, 9.17) is 0 Å². The van der Waals surface area contributed by atoms with E-state index in [0.29, 0.717) is 24.8 Å². The molecule has 0 saturated heterocycles. The standard InChI is InChI=1S/C16H16N2O2/c17-10-13-9-15(19,12-5-2-1-3-6-12)16(20)8-4-7-14(13,16)11-18/h1-3,5-6,13,19-20H,4,7-9H2/t13-,14-,15-,16-/m1/s1. The Kier molecular flexibility index (Phi) is 2.66. The van der Waals surface area contributed by atoms with Gasteiger partial charge in [-0.05, 0) is 24.8 Å². The van der Waals surface area contributed by atoms with E-state index in [1.165, 1.54) is 0 Å². The number of nitrogens with zero attached hydrogens (tertiary/aromatic N) is 2. The van der Waals surface area contributed by atoms with Crippen LogP contribution in [0.4, 0.5) is 0 Å². The molecule has 2 fully saturated rings. The Hall–Kier alpha value is -1.88. The monoisotopic (exact) mass is 268 g/mol. The topological polar surface area (TPSA) is 88.0 Å². The number of fused-ring (bicyclic) bond motifs is 1. The van der Waals surface area contributed by atoms with Crippen LogP contribution in [0.25, 0.3) is 0 Å². The molecule has 2 aliphatic rings. The highest BCUT2D eigenvalue weighted by molar-refractivity contribution is 5.39. The van der Waals surface area contributed by atoms with Gasteiger partial charge in [0.2, 0.25) is 0 Å². The van der Waals surface area contributed by atoms with Gasteiger partial charge < -0.3 is 10.2 Å². The van der Waals surface area contributed by atoms with Gasteiger partial charge in [0, 0.05) is 6.42 Å². The van der Waals surface area contributed by atoms with Gasteiger partial charge in [-0.3, -0.25) is 0 Å². The Bertz CT molecular complexity index is 618. The van der Waals surface area contributed by atoms with E-state index in [-0.39, 0.29) is 6.42 Å². The Morgan fingerprint density at radius 3 is 2.40 bits per heavy atom. The average Bonchev–Trinajstić information content (AvgIpc) is 2.92. The maximum atomic E-state index is 11.1. The van der Waals surface area contributed by atoms with Gasteiger partial charge in [0.05, 0.1) is 18.1 Å². The van der Waals surface area contributed by atoms with Crippen molar-refractivity contribution < 1.29 is 10.2 Å². The smallest absolute Gasteiger partial charge is 0.121 e. The minimum Gasteiger partial charge on any atom is -0.385 e. The molecule has 0 heterocycles. The fraction of sp³-hybridized carbons (Fsp3) is 0.500. The molecule has 4 atom stereocenters. The fourth-order valence-electron chi connectivity index (χ4n) is 4.18. The number of benzene rings is 1. The highest BCUT2D eigenvalue weighted by Gasteiger charge is 2.74. The summed E-state index contributed by atoms with van der Waals surface area (Å²) in [4.78, 5) is 0. The van der Waals surface area contributed by atoms with Gasteiger partial charge in [0.1, 0.15) is 16.6 Å². The predicted molar refractivity (Wildman–Crippen MR) is 70.9 cm³/mol. The molecule has 102 valence electrons. The molecule has 2 saturated carbocycles. The summed E-state index contributed by atoms with van der Waals surface area (Å²) >= 11 is 0. The van der Waals surface area contributed by atoms with Crippen molar-refractivity contribution in [2.75, 3.05) is 0 Å². The average molecular weight is 268 g/mol. The molecule has 4 nitrogen and oxygen atoms in total. The quantitative estimate of drug-likeness (QED) is 0.813. The molecule has 0 spiro atoms. The molecule has 3 rings (SSSR count). The van der Waals surface area contributed by atoms with Crippen LogP contribution in [-0.4, -0.2) is 15.8 Å². The number of hydrogen-bond donors (Lipinski definition) is 2. The van der Waals surface area contributed by atoms with E-state index in [9.17, 15) is 20.7 Å². The van der Waals surface area contributed by atoms with Crippen molar-refractivity contribution in [1.29, 1.82) is 10.5 Å². The van der Waals surface area contributed by atoms with Crippen LogP contribution in [0, 0.1) is 34.0 Å². The second-order valence-electron chi connectivity index (χ2n) is 5.91. The van der Waals surface area contributed by atoms with Crippen molar-refractivity contribution in [3.05, 3.63) is 35.9 Å². The van der Waals surface area contributed by atoms with Gasteiger partial charge in [0.15, 0.2) is 0 Å². The molecule has 2 aliphatic carbocycles. The Labute approximate surface area is 117 Å². The van der Waals surface area contributed by atoms with Crippen LogP contribution in [0.1, 0.15) is 31.2 Å².